The van der Waals surface area contributed by atoms with Crippen molar-refractivity contribution >= 4 is 17.9 Å². The molecule has 2 rings (SSSR count). The second kappa shape index (κ2) is 5.78. The van der Waals surface area contributed by atoms with Crippen molar-refractivity contribution < 1.29 is 19.1 Å². The molecular weight excluding hydrogens is 286 g/mol. The van der Waals surface area contributed by atoms with Crippen LogP contribution in [0.1, 0.15) is 40.0 Å². The summed E-state index contributed by atoms with van der Waals surface area (Å²) in [5.74, 6) is -0.341. The van der Waals surface area contributed by atoms with E-state index in [0.717, 1.165) is 6.42 Å². The molecule has 2 fully saturated rings. The van der Waals surface area contributed by atoms with Gasteiger partial charge >= 0.3 is 6.09 Å². The predicted octanol–water partition coefficient (Wildman–Crippen LogP) is 0.734. The molecule has 2 saturated heterocycles. The summed E-state index contributed by atoms with van der Waals surface area (Å²) >= 11 is 0. The van der Waals surface area contributed by atoms with E-state index in [-0.39, 0.29) is 18.4 Å². The Kier molecular flexibility index (Phi) is 4.35. The number of amides is 3. The van der Waals surface area contributed by atoms with Crippen LogP contribution in [-0.2, 0) is 14.3 Å². The van der Waals surface area contributed by atoms with Crippen LogP contribution in [0.3, 0.4) is 0 Å². The summed E-state index contributed by atoms with van der Waals surface area (Å²) in [6.07, 6.45) is 1.52. The molecule has 2 aliphatic heterocycles. The smallest absolute Gasteiger partial charge is 0.411 e. The van der Waals surface area contributed by atoms with E-state index in [1.54, 1.807) is 11.9 Å². The first-order valence-electron chi connectivity index (χ1n) is 7.70. The first kappa shape index (κ1) is 16.6. The van der Waals surface area contributed by atoms with E-state index in [9.17, 15) is 14.4 Å². The van der Waals surface area contributed by atoms with Crippen molar-refractivity contribution in [2.75, 3.05) is 26.7 Å². The Hall–Kier alpha value is -1.79. The number of nitrogens with zero attached hydrogens (tertiary/aromatic N) is 2. The van der Waals surface area contributed by atoms with Crippen LogP contribution < -0.4 is 5.32 Å². The van der Waals surface area contributed by atoms with E-state index < -0.39 is 17.2 Å². The van der Waals surface area contributed by atoms with Crippen molar-refractivity contribution in [3.63, 3.8) is 0 Å². The van der Waals surface area contributed by atoms with E-state index in [0.29, 0.717) is 25.9 Å². The lowest BCUT2D eigenvalue weighted by molar-refractivity contribution is -0.139. The number of carbonyl (C=O) groups is 3. The summed E-state index contributed by atoms with van der Waals surface area (Å²) in [4.78, 5) is 39.8. The van der Waals surface area contributed by atoms with Gasteiger partial charge in [-0.25, -0.2) is 4.79 Å². The second-order valence-electron chi connectivity index (χ2n) is 6.92. The zero-order valence-electron chi connectivity index (χ0n) is 13.8. The second-order valence-corrected chi connectivity index (χ2v) is 6.92. The Bertz CT molecular complexity index is 486. The molecule has 0 aromatic rings. The lowest BCUT2D eigenvalue weighted by Crippen LogP contribution is -2.54. The monoisotopic (exact) mass is 311 g/mol. The van der Waals surface area contributed by atoms with E-state index >= 15 is 0 Å². The van der Waals surface area contributed by atoms with Crippen LogP contribution in [0.25, 0.3) is 0 Å². The lowest BCUT2D eigenvalue weighted by atomic mass is 9.94. The predicted molar refractivity (Wildman–Crippen MR) is 80.2 cm³/mol. The van der Waals surface area contributed by atoms with Gasteiger partial charge in [0.15, 0.2) is 0 Å². The van der Waals surface area contributed by atoms with E-state index in [1.807, 2.05) is 20.8 Å². The number of carbonyl (C=O) groups excluding carboxylic acids is 3. The van der Waals surface area contributed by atoms with Crippen LogP contribution >= 0.6 is 0 Å². The highest BCUT2D eigenvalue weighted by Crippen LogP contribution is 2.39. The number of nitrogens with one attached hydrogen (secondary N) is 1. The lowest BCUT2D eigenvalue weighted by Gasteiger charge is -2.34. The zero-order chi connectivity index (χ0) is 16.5. The molecule has 0 unspecified atom stereocenters. The molecule has 0 bridgehead atoms. The third kappa shape index (κ3) is 3.03. The first-order valence-corrected chi connectivity index (χ1v) is 7.70. The molecule has 0 aliphatic carbocycles. The maximum atomic E-state index is 12.8. The van der Waals surface area contributed by atoms with Gasteiger partial charge in [-0.15, -0.1) is 0 Å². The first-order chi connectivity index (χ1) is 10.2. The highest BCUT2D eigenvalue weighted by Gasteiger charge is 2.56. The molecule has 124 valence electrons. The van der Waals surface area contributed by atoms with Crippen LogP contribution in [0.15, 0.2) is 0 Å². The fraction of sp³-hybridized carbons (Fsp3) is 0.800. The molecule has 7 nitrogen and oxygen atoms in total. The van der Waals surface area contributed by atoms with Crippen LogP contribution in [0.5, 0.6) is 0 Å². The number of rotatable bonds is 2. The SMILES string of the molecule is CNC(=O)CN1CC[C@]2(CCCN2C(=O)OC(C)(C)C)C1=O. The Morgan fingerprint density at radius 3 is 2.55 bits per heavy atom. The highest BCUT2D eigenvalue weighted by atomic mass is 16.6. The van der Waals surface area contributed by atoms with Crippen molar-refractivity contribution in [2.24, 2.45) is 0 Å². The van der Waals surface area contributed by atoms with Crippen molar-refractivity contribution in [1.29, 1.82) is 0 Å². The molecule has 0 aromatic heterocycles. The largest absolute Gasteiger partial charge is 0.444 e. The van der Waals surface area contributed by atoms with Gasteiger partial charge in [0.1, 0.15) is 11.1 Å². The van der Waals surface area contributed by atoms with Gasteiger partial charge in [-0.1, -0.05) is 0 Å². The fourth-order valence-corrected chi connectivity index (χ4v) is 3.17. The number of ether oxygens (including phenoxy) is 1. The number of hydrogen-bond donors (Lipinski definition) is 1. The normalized spacial score (nSPS) is 25.0. The summed E-state index contributed by atoms with van der Waals surface area (Å²) in [5, 5.41) is 2.52. The third-order valence-electron chi connectivity index (χ3n) is 4.20. The maximum absolute atomic E-state index is 12.8. The van der Waals surface area contributed by atoms with E-state index in [1.165, 1.54) is 4.90 Å². The van der Waals surface area contributed by atoms with Gasteiger partial charge in [0.05, 0.1) is 6.54 Å². The standard InChI is InChI=1S/C15H25N3O4/c1-14(2,3)22-13(21)18-8-5-6-15(18)7-9-17(12(15)20)10-11(19)16-4/h5-10H2,1-4H3,(H,16,19)/t15-/m1/s1. The molecule has 7 heteroatoms. The van der Waals surface area contributed by atoms with Gasteiger partial charge in [0.2, 0.25) is 11.8 Å². The molecule has 2 aliphatic rings. The minimum absolute atomic E-state index is 0.0409. The van der Waals surface area contributed by atoms with Crippen molar-refractivity contribution in [1.82, 2.24) is 15.1 Å². The van der Waals surface area contributed by atoms with Crippen molar-refractivity contribution in [2.45, 2.75) is 51.2 Å². The summed E-state index contributed by atoms with van der Waals surface area (Å²) in [5.41, 5.74) is -1.42. The van der Waals surface area contributed by atoms with Gasteiger partial charge < -0.3 is 15.0 Å². The molecule has 0 saturated carbocycles. The third-order valence-corrected chi connectivity index (χ3v) is 4.20. The molecule has 22 heavy (non-hydrogen) atoms. The minimum atomic E-state index is -0.823. The van der Waals surface area contributed by atoms with Crippen LogP contribution in [0.2, 0.25) is 0 Å². The van der Waals surface area contributed by atoms with Gasteiger partial charge in [0, 0.05) is 20.1 Å². The van der Waals surface area contributed by atoms with Crippen LogP contribution in [0.4, 0.5) is 4.79 Å². The molecule has 1 N–H and O–H groups in total. The Labute approximate surface area is 131 Å². The Balaban J connectivity index is 2.14. The number of likely N-dealkylation sites (N-methyl/N-ethyl adjacent to an activating group) is 1. The number of likely N-dealkylation sites (tertiary alicyclic amines) is 2. The minimum Gasteiger partial charge on any atom is -0.444 e. The molecule has 0 radical (unpaired) electrons. The summed E-state index contributed by atoms with van der Waals surface area (Å²) < 4.78 is 5.43. The summed E-state index contributed by atoms with van der Waals surface area (Å²) in [6, 6.07) is 0. The quantitative estimate of drug-likeness (QED) is 0.815. The van der Waals surface area contributed by atoms with E-state index in [4.69, 9.17) is 4.74 Å². The molecule has 2 heterocycles. The molecule has 1 spiro atoms. The zero-order valence-corrected chi connectivity index (χ0v) is 13.8. The van der Waals surface area contributed by atoms with E-state index in [2.05, 4.69) is 5.32 Å². The fourth-order valence-electron chi connectivity index (χ4n) is 3.17. The van der Waals surface area contributed by atoms with Crippen molar-refractivity contribution in [3.05, 3.63) is 0 Å². The van der Waals surface area contributed by atoms with Gasteiger partial charge in [-0.3, -0.25) is 14.5 Å². The molecular formula is C15H25N3O4. The Morgan fingerprint density at radius 2 is 1.95 bits per heavy atom. The highest BCUT2D eigenvalue weighted by molar-refractivity contribution is 5.95. The number of hydrogen-bond acceptors (Lipinski definition) is 4. The van der Waals surface area contributed by atoms with Gasteiger partial charge in [-0.2, -0.15) is 0 Å². The average Bonchev–Trinajstić information content (AvgIpc) is 2.97. The topological polar surface area (TPSA) is 79.0 Å². The van der Waals surface area contributed by atoms with Crippen LogP contribution in [0, 0.1) is 0 Å². The summed E-state index contributed by atoms with van der Waals surface area (Å²) in [6.45, 7) is 6.48. The average molecular weight is 311 g/mol. The Morgan fingerprint density at radius 1 is 1.27 bits per heavy atom. The molecule has 1 atom stereocenters. The maximum Gasteiger partial charge on any atom is 0.411 e. The van der Waals surface area contributed by atoms with Crippen molar-refractivity contribution in [3.8, 4) is 0 Å². The molecule has 0 aromatic carbocycles. The molecule has 3 amide bonds. The van der Waals surface area contributed by atoms with Gasteiger partial charge in [0.25, 0.3) is 0 Å². The summed E-state index contributed by atoms with van der Waals surface area (Å²) in [7, 11) is 1.54. The van der Waals surface area contributed by atoms with Gasteiger partial charge in [-0.05, 0) is 40.0 Å². The van der Waals surface area contributed by atoms with Crippen LogP contribution in [-0.4, -0.2) is 65.5 Å².